The summed E-state index contributed by atoms with van der Waals surface area (Å²) >= 11 is 5.98. The number of rotatable bonds is 3. The van der Waals surface area contributed by atoms with Crippen LogP contribution in [0.15, 0.2) is 54.7 Å². The van der Waals surface area contributed by atoms with Crippen LogP contribution in [0.25, 0.3) is 33.4 Å². The molecule has 33 heavy (non-hydrogen) atoms. The highest BCUT2D eigenvalue weighted by Gasteiger charge is 2.31. The minimum Gasteiger partial charge on any atom is -0.369 e. The third-order valence-corrected chi connectivity index (χ3v) is 6.21. The number of piperazine rings is 1. The van der Waals surface area contributed by atoms with Crippen molar-refractivity contribution in [2.45, 2.75) is 6.18 Å². The van der Waals surface area contributed by atoms with Crippen LogP contribution in [0.4, 0.5) is 18.9 Å². The van der Waals surface area contributed by atoms with Crippen molar-refractivity contribution in [2.75, 3.05) is 38.1 Å². The van der Waals surface area contributed by atoms with Gasteiger partial charge in [-0.05, 0) is 49.0 Å². The summed E-state index contributed by atoms with van der Waals surface area (Å²) in [5, 5.41) is 7.62. The summed E-state index contributed by atoms with van der Waals surface area (Å²) in [5.74, 6) is 0. The van der Waals surface area contributed by atoms with Crippen molar-refractivity contribution in [2.24, 2.45) is 0 Å². The lowest BCUT2D eigenvalue weighted by Crippen LogP contribution is -2.44. The standard InChI is InChI=1S/C24H21ClF3N5/c1-32-6-8-33(9-7-32)20-4-2-15(3-5-20)17-12-21-22(30-31-23(21)29-14-17)16-10-18(24(26,27)28)13-19(25)11-16/h2-5,10-14H,6-9H2,1H3,(H,29,30,31). The predicted octanol–water partition coefficient (Wildman–Crippen LogP) is 5.72. The molecule has 0 spiro atoms. The van der Waals surface area contributed by atoms with Gasteiger partial charge in [0.1, 0.15) is 0 Å². The Balaban J connectivity index is 1.49. The number of nitrogens with zero attached hydrogens (tertiary/aromatic N) is 4. The van der Waals surface area contributed by atoms with Gasteiger partial charge in [-0.15, -0.1) is 0 Å². The Hall–Kier alpha value is -3.10. The van der Waals surface area contributed by atoms with Crippen molar-refractivity contribution in [1.29, 1.82) is 0 Å². The molecule has 3 heterocycles. The molecular weight excluding hydrogens is 451 g/mol. The van der Waals surface area contributed by atoms with Crippen LogP contribution in [-0.2, 0) is 6.18 Å². The van der Waals surface area contributed by atoms with E-state index in [2.05, 4.69) is 44.2 Å². The van der Waals surface area contributed by atoms with Crippen molar-refractivity contribution in [1.82, 2.24) is 20.1 Å². The Labute approximate surface area is 193 Å². The molecular formula is C24H21ClF3N5. The largest absolute Gasteiger partial charge is 0.416 e. The number of aromatic amines is 1. The van der Waals surface area contributed by atoms with Crippen LogP contribution in [0.3, 0.4) is 0 Å². The summed E-state index contributed by atoms with van der Waals surface area (Å²) in [6.07, 6.45) is -2.78. The topological polar surface area (TPSA) is 48.1 Å². The molecule has 1 saturated heterocycles. The molecule has 170 valence electrons. The van der Waals surface area contributed by atoms with Crippen LogP contribution in [0.5, 0.6) is 0 Å². The number of alkyl halides is 3. The Morgan fingerprint density at radius 3 is 2.33 bits per heavy atom. The number of aromatic nitrogens is 3. The molecule has 5 rings (SSSR count). The average Bonchev–Trinajstić information content (AvgIpc) is 3.22. The van der Waals surface area contributed by atoms with Crippen molar-refractivity contribution in [3.8, 4) is 22.4 Å². The van der Waals surface area contributed by atoms with Gasteiger partial charge in [-0.2, -0.15) is 18.3 Å². The number of anilines is 1. The normalized spacial score (nSPS) is 15.4. The lowest BCUT2D eigenvalue weighted by Gasteiger charge is -2.34. The first-order valence-electron chi connectivity index (χ1n) is 10.5. The molecule has 0 atom stereocenters. The summed E-state index contributed by atoms with van der Waals surface area (Å²) < 4.78 is 39.8. The maximum Gasteiger partial charge on any atom is 0.416 e. The first-order valence-corrected chi connectivity index (χ1v) is 10.9. The van der Waals surface area contributed by atoms with Crippen molar-refractivity contribution in [3.63, 3.8) is 0 Å². The van der Waals surface area contributed by atoms with Gasteiger partial charge in [-0.3, -0.25) is 5.10 Å². The molecule has 2 aromatic heterocycles. The Bertz CT molecular complexity index is 1290. The minimum absolute atomic E-state index is 0.00573. The quantitative estimate of drug-likeness (QED) is 0.415. The van der Waals surface area contributed by atoms with E-state index in [4.69, 9.17) is 11.6 Å². The van der Waals surface area contributed by atoms with Gasteiger partial charge in [0.25, 0.3) is 0 Å². The summed E-state index contributed by atoms with van der Waals surface area (Å²) in [7, 11) is 2.13. The Morgan fingerprint density at radius 2 is 1.64 bits per heavy atom. The molecule has 2 aromatic carbocycles. The van der Waals surface area contributed by atoms with Gasteiger partial charge < -0.3 is 9.80 Å². The monoisotopic (exact) mass is 471 g/mol. The number of hydrogen-bond donors (Lipinski definition) is 1. The summed E-state index contributed by atoms with van der Waals surface area (Å²) in [4.78, 5) is 9.07. The zero-order valence-corrected chi connectivity index (χ0v) is 18.6. The van der Waals surface area contributed by atoms with Crippen molar-refractivity contribution in [3.05, 3.63) is 65.3 Å². The van der Waals surface area contributed by atoms with Crippen LogP contribution >= 0.6 is 11.6 Å². The number of H-pyrrole nitrogens is 1. The highest BCUT2D eigenvalue weighted by molar-refractivity contribution is 6.31. The van der Waals surface area contributed by atoms with E-state index in [9.17, 15) is 13.2 Å². The lowest BCUT2D eigenvalue weighted by molar-refractivity contribution is -0.137. The van der Waals surface area contributed by atoms with E-state index in [1.165, 1.54) is 11.8 Å². The second-order valence-electron chi connectivity index (χ2n) is 8.26. The number of hydrogen-bond acceptors (Lipinski definition) is 4. The molecule has 0 saturated carbocycles. The van der Waals surface area contributed by atoms with E-state index in [1.807, 2.05) is 18.2 Å². The van der Waals surface area contributed by atoms with Crippen LogP contribution in [0, 0.1) is 0 Å². The summed E-state index contributed by atoms with van der Waals surface area (Å²) in [5.41, 5.74) is 3.36. The van der Waals surface area contributed by atoms with E-state index < -0.39 is 11.7 Å². The fourth-order valence-electron chi connectivity index (χ4n) is 4.10. The Kier molecular flexibility index (Phi) is 5.50. The molecule has 0 bridgehead atoms. The van der Waals surface area contributed by atoms with Gasteiger partial charge in [0.15, 0.2) is 5.65 Å². The van der Waals surface area contributed by atoms with E-state index in [1.54, 1.807) is 6.20 Å². The molecule has 1 fully saturated rings. The first kappa shape index (κ1) is 21.7. The molecule has 0 radical (unpaired) electrons. The molecule has 1 aliphatic rings. The zero-order chi connectivity index (χ0) is 23.2. The highest BCUT2D eigenvalue weighted by atomic mass is 35.5. The molecule has 0 amide bonds. The number of fused-ring (bicyclic) bond motifs is 1. The van der Waals surface area contributed by atoms with Crippen LogP contribution in [0.1, 0.15) is 5.56 Å². The maximum atomic E-state index is 13.3. The van der Waals surface area contributed by atoms with Crippen molar-refractivity contribution < 1.29 is 13.2 Å². The maximum absolute atomic E-state index is 13.3. The predicted molar refractivity (Wildman–Crippen MR) is 124 cm³/mol. The van der Waals surface area contributed by atoms with Crippen LogP contribution < -0.4 is 4.90 Å². The van der Waals surface area contributed by atoms with Gasteiger partial charge in [-0.1, -0.05) is 23.7 Å². The number of benzene rings is 2. The lowest BCUT2D eigenvalue weighted by atomic mass is 10.0. The molecule has 1 aliphatic heterocycles. The number of nitrogens with one attached hydrogen (secondary N) is 1. The minimum atomic E-state index is -4.50. The van der Waals surface area contributed by atoms with E-state index in [-0.39, 0.29) is 5.02 Å². The third-order valence-electron chi connectivity index (χ3n) is 5.99. The van der Waals surface area contributed by atoms with Gasteiger partial charge in [0.2, 0.25) is 0 Å². The van der Waals surface area contributed by atoms with E-state index in [0.29, 0.717) is 22.3 Å². The zero-order valence-electron chi connectivity index (χ0n) is 17.8. The van der Waals surface area contributed by atoms with Gasteiger partial charge in [0.05, 0.1) is 11.3 Å². The van der Waals surface area contributed by atoms with Crippen LogP contribution in [-0.4, -0.2) is 53.3 Å². The smallest absolute Gasteiger partial charge is 0.369 e. The van der Waals surface area contributed by atoms with Crippen molar-refractivity contribution >= 4 is 28.3 Å². The number of halogens is 4. The SMILES string of the molecule is CN1CCN(c2ccc(-c3cnc4n[nH]c(-c5cc(Cl)cc(C(F)(F)F)c5)c4c3)cc2)CC1. The number of pyridine rings is 1. The molecule has 5 nitrogen and oxygen atoms in total. The molecule has 4 aromatic rings. The van der Waals surface area contributed by atoms with Crippen LogP contribution in [0.2, 0.25) is 5.02 Å². The van der Waals surface area contributed by atoms with Gasteiger partial charge >= 0.3 is 6.18 Å². The first-order chi connectivity index (χ1) is 15.8. The van der Waals surface area contributed by atoms with Gasteiger partial charge in [0, 0.05) is 59.6 Å². The molecule has 9 heteroatoms. The van der Waals surface area contributed by atoms with E-state index >= 15 is 0 Å². The Morgan fingerprint density at radius 1 is 0.909 bits per heavy atom. The summed E-state index contributed by atoms with van der Waals surface area (Å²) in [6, 6.07) is 13.6. The fraction of sp³-hybridized carbons (Fsp3) is 0.250. The average molecular weight is 472 g/mol. The third kappa shape index (κ3) is 4.41. The summed E-state index contributed by atoms with van der Waals surface area (Å²) in [6.45, 7) is 4.04. The molecule has 1 N–H and O–H groups in total. The number of likely N-dealkylation sites (N-methyl/N-ethyl adjacent to an activating group) is 1. The second-order valence-corrected chi connectivity index (χ2v) is 8.69. The van der Waals surface area contributed by atoms with Gasteiger partial charge in [-0.25, -0.2) is 4.98 Å². The van der Waals surface area contributed by atoms with E-state index in [0.717, 1.165) is 49.4 Å². The second kappa shape index (κ2) is 8.35. The molecule has 0 aliphatic carbocycles. The highest BCUT2D eigenvalue weighted by Crippen LogP contribution is 2.36. The fourth-order valence-corrected chi connectivity index (χ4v) is 4.34. The molecule has 0 unspecified atom stereocenters.